The molecule has 0 aliphatic rings. The summed E-state index contributed by atoms with van der Waals surface area (Å²) >= 11 is 0. The Morgan fingerprint density at radius 3 is 1.69 bits per heavy atom. The second kappa shape index (κ2) is 8.09. The number of phenolic OH excluding ortho intramolecular Hbond substituents is 1. The van der Waals surface area contributed by atoms with E-state index < -0.39 is 13.4 Å². The molecule has 3 rings (SSSR count). The first-order chi connectivity index (χ1) is 12.6. The molecular formula is C20H20NO4P. The third-order valence-corrected chi connectivity index (χ3v) is 5.87. The van der Waals surface area contributed by atoms with E-state index in [-0.39, 0.29) is 5.75 Å². The highest BCUT2D eigenvalue weighted by molar-refractivity contribution is 7.55. The number of phenols is 1. The highest BCUT2D eigenvalue weighted by Crippen LogP contribution is 2.58. The molecule has 1 atom stereocenters. The molecular weight excluding hydrogens is 349 g/mol. The molecule has 0 fully saturated rings. The Hall–Kier alpha value is -2.75. The Morgan fingerprint density at radius 2 is 1.27 bits per heavy atom. The molecule has 5 nitrogen and oxygen atoms in total. The third-order valence-electron chi connectivity index (χ3n) is 3.75. The number of rotatable bonds is 7. The molecule has 0 bridgehead atoms. The van der Waals surface area contributed by atoms with E-state index in [2.05, 4.69) is 5.32 Å². The van der Waals surface area contributed by atoms with Gasteiger partial charge < -0.3 is 19.5 Å². The Labute approximate surface area is 152 Å². The van der Waals surface area contributed by atoms with Gasteiger partial charge in [0.2, 0.25) is 0 Å². The van der Waals surface area contributed by atoms with E-state index >= 15 is 0 Å². The average molecular weight is 369 g/mol. The van der Waals surface area contributed by atoms with Crippen LogP contribution in [0.5, 0.6) is 17.2 Å². The van der Waals surface area contributed by atoms with Crippen molar-refractivity contribution in [2.75, 3.05) is 7.05 Å². The van der Waals surface area contributed by atoms with Crippen molar-refractivity contribution in [2.24, 2.45) is 0 Å². The second-order valence-electron chi connectivity index (χ2n) is 5.63. The summed E-state index contributed by atoms with van der Waals surface area (Å²) in [6.07, 6.45) is 0. The Bertz CT molecular complexity index is 824. The molecule has 0 spiro atoms. The van der Waals surface area contributed by atoms with E-state index in [1.54, 1.807) is 67.7 Å². The van der Waals surface area contributed by atoms with Crippen LogP contribution in [-0.4, -0.2) is 12.2 Å². The maximum Gasteiger partial charge on any atom is 0.452 e. The minimum absolute atomic E-state index is 0.131. The van der Waals surface area contributed by atoms with Gasteiger partial charge >= 0.3 is 7.60 Å². The van der Waals surface area contributed by atoms with Crippen LogP contribution in [0.1, 0.15) is 11.3 Å². The quantitative estimate of drug-likeness (QED) is 0.576. The number of para-hydroxylation sites is 2. The Morgan fingerprint density at radius 1 is 0.808 bits per heavy atom. The molecule has 0 saturated heterocycles. The molecule has 134 valence electrons. The zero-order chi connectivity index (χ0) is 18.4. The van der Waals surface area contributed by atoms with E-state index in [9.17, 15) is 9.67 Å². The van der Waals surface area contributed by atoms with Gasteiger partial charge in [-0.3, -0.25) is 0 Å². The van der Waals surface area contributed by atoms with Gasteiger partial charge in [-0.25, -0.2) is 4.57 Å². The fourth-order valence-corrected chi connectivity index (χ4v) is 4.48. The van der Waals surface area contributed by atoms with Crippen LogP contribution in [0.4, 0.5) is 0 Å². The predicted octanol–water partition coefficient (Wildman–Crippen LogP) is 4.96. The molecule has 2 N–H and O–H groups in total. The highest BCUT2D eigenvalue weighted by Gasteiger charge is 2.39. The predicted molar refractivity (Wildman–Crippen MR) is 102 cm³/mol. The first-order valence-corrected chi connectivity index (χ1v) is 9.77. The van der Waals surface area contributed by atoms with Gasteiger partial charge in [0.15, 0.2) is 5.78 Å². The molecule has 3 aromatic rings. The average Bonchev–Trinajstić information content (AvgIpc) is 2.65. The van der Waals surface area contributed by atoms with E-state index in [1.165, 1.54) is 12.1 Å². The lowest BCUT2D eigenvalue weighted by atomic mass is 10.2. The molecule has 1 unspecified atom stereocenters. The van der Waals surface area contributed by atoms with E-state index in [4.69, 9.17) is 9.05 Å². The SMILES string of the molecule is CNC(c1ccc(O)cc1)P(=O)(Oc1ccccc1)Oc1ccccc1. The third kappa shape index (κ3) is 4.26. The Kier molecular flexibility index (Phi) is 5.61. The summed E-state index contributed by atoms with van der Waals surface area (Å²) < 4.78 is 25.5. The fraction of sp³-hybridized carbons (Fsp3) is 0.100. The van der Waals surface area contributed by atoms with Crippen molar-refractivity contribution in [3.8, 4) is 17.2 Å². The van der Waals surface area contributed by atoms with Gasteiger partial charge in [-0.1, -0.05) is 48.5 Å². The fourth-order valence-electron chi connectivity index (χ4n) is 2.54. The van der Waals surface area contributed by atoms with E-state index in [0.29, 0.717) is 17.1 Å². The second-order valence-corrected chi connectivity index (χ2v) is 7.59. The van der Waals surface area contributed by atoms with Crippen LogP contribution < -0.4 is 14.4 Å². The molecule has 0 aromatic heterocycles. The molecule has 3 aromatic carbocycles. The standard InChI is InChI=1S/C20H20NO4P/c1-21-20(16-12-14-17(22)15-13-16)26(23,24-18-8-4-2-5-9-18)25-19-10-6-3-7-11-19/h2-15,20-22H,1H3. The first-order valence-electron chi connectivity index (χ1n) is 8.16. The van der Waals surface area contributed by atoms with Crippen LogP contribution in [-0.2, 0) is 4.57 Å². The van der Waals surface area contributed by atoms with Crippen molar-refractivity contribution in [2.45, 2.75) is 5.78 Å². The van der Waals surface area contributed by atoms with Gasteiger partial charge in [-0.05, 0) is 49.0 Å². The summed E-state index contributed by atoms with van der Waals surface area (Å²) in [7, 11) is -2.02. The van der Waals surface area contributed by atoms with Crippen molar-refractivity contribution in [3.63, 3.8) is 0 Å². The summed E-state index contributed by atoms with van der Waals surface area (Å²) in [6.45, 7) is 0. The van der Waals surface area contributed by atoms with Crippen LogP contribution in [0.3, 0.4) is 0 Å². The number of nitrogens with one attached hydrogen (secondary N) is 1. The van der Waals surface area contributed by atoms with Crippen LogP contribution in [0.2, 0.25) is 0 Å². The summed E-state index contributed by atoms with van der Waals surface area (Å²) in [6, 6.07) is 24.3. The molecule has 26 heavy (non-hydrogen) atoms. The minimum atomic E-state index is -3.70. The molecule has 0 saturated carbocycles. The highest BCUT2D eigenvalue weighted by atomic mass is 31.2. The number of aromatic hydroxyl groups is 1. The normalized spacial score (nSPS) is 12.3. The topological polar surface area (TPSA) is 67.8 Å². The van der Waals surface area contributed by atoms with Crippen molar-refractivity contribution in [3.05, 3.63) is 90.5 Å². The summed E-state index contributed by atoms with van der Waals surface area (Å²) in [4.78, 5) is 0. The number of hydrogen-bond acceptors (Lipinski definition) is 5. The molecule has 0 aliphatic heterocycles. The molecule has 6 heteroatoms. The lowest BCUT2D eigenvalue weighted by Gasteiger charge is -2.27. The summed E-state index contributed by atoms with van der Waals surface area (Å²) in [5.74, 6) is 0.312. The molecule has 0 aliphatic carbocycles. The van der Waals surface area contributed by atoms with Crippen molar-refractivity contribution < 1.29 is 18.7 Å². The summed E-state index contributed by atoms with van der Waals surface area (Å²) in [5.41, 5.74) is 0.681. The van der Waals surface area contributed by atoms with Gasteiger partial charge in [0.25, 0.3) is 0 Å². The van der Waals surface area contributed by atoms with Gasteiger partial charge in [0.05, 0.1) is 0 Å². The first kappa shape index (κ1) is 18.1. The van der Waals surface area contributed by atoms with Crippen molar-refractivity contribution in [1.29, 1.82) is 0 Å². The molecule has 0 amide bonds. The van der Waals surface area contributed by atoms with Crippen molar-refractivity contribution >= 4 is 7.60 Å². The van der Waals surface area contributed by atoms with Crippen LogP contribution >= 0.6 is 7.60 Å². The van der Waals surface area contributed by atoms with Crippen LogP contribution in [0.25, 0.3) is 0 Å². The maximum atomic E-state index is 13.8. The van der Waals surface area contributed by atoms with Crippen molar-refractivity contribution in [1.82, 2.24) is 5.32 Å². The zero-order valence-electron chi connectivity index (χ0n) is 14.3. The Balaban J connectivity index is 2.00. The van der Waals surface area contributed by atoms with E-state index in [1.807, 2.05) is 12.1 Å². The molecule has 0 heterocycles. The zero-order valence-corrected chi connectivity index (χ0v) is 15.2. The number of benzene rings is 3. The largest absolute Gasteiger partial charge is 0.508 e. The summed E-state index contributed by atoms with van der Waals surface area (Å²) in [5, 5.41) is 12.6. The lowest BCUT2D eigenvalue weighted by Crippen LogP contribution is -2.22. The van der Waals surface area contributed by atoms with Gasteiger partial charge in [-0.2, -0.15) is 0 Å². The van der Waals surface area contributed by atoms with E-state index in [0.717, 1.165) is 0 Å². The van der Waals surface area contributed by atoms with Gasteiger partial charge in [0.1, 0.15) is 17.2 Å². The van der Waals surface area contributed by atoms with Crippen LogP contribution in [0.15, 0.2) is 84.9 Å². The van der Waals surface area contributed by atoms with Gasteiger partial charge in [-0.15, -0.1) is 0 Å². The maximum absolute atomic E-state index is 13.8. The van der Waals surface area contributed by atoms with Crippen LogP contribution in [0, 0.1) is 0 Å². The van der Waals surface area contributed by atoms with Gasteiger partial charge in [0, 0.05) is 0 Å². The number of hydrogen-bond donors (Lipinski definition) is 2. The lowest BCUT2D eigenvalue weighted by molar-refractivity contribution is 0.365. The molecule has 0 radical (unpaired) electrons. The minimum Gasteiger partial charge on any atom is -0.508 e. The smallest absolute Gasteiger partial charge is 0.452 e. The monoisotopic (exact) mass is 369 g/mol.